The van der Waals surface area contributed by atoms with Crippen molar-refractivity contribution in [2.45, 2.75) is 77.6 Å². The molecule has 7 heteroatoms. The second-order valence-electron chi connectivity index (χ2n) is 7.35. The summed E-state index contributed by atoms with van der Waals surface area (Å²) in [5.74, 6) is -1.08. The van der Waals surface area contributed by atoms with Crippen molar-refractivity contribution in [3.63, 3.8) is 0 Å². The first-order valence-electron chi connectivity index (χ1n) is 8.03. The summed E-state index contributed by atoms with van der Waals surface area (Å²) in [4.78, 5) is 25.9. The summed E-state index contributed by atoms with van der Waals surface area (Å²) in [6.45, 7) is 11.4. The number of carbonyl (C=O) groups is 2. The molecule has 3 atom stereocenters. The number of fused-ring (bicyclic) bond motifs is 1. The molecule has 2 heterocycles. The van der Waals surface area contributed by atoms with Crippen LogP contribution in [-0.4, -0.2) is 59.8 Å². The number of carbonyl (C=O) groups excluding carboxylic acids is 2. The molecule has 2 rings (SSSR count). The standard InChI is InChI=1S/C16H27NO6/c1-7-20-12(18)8-10-13-11(21-16(5,6)22-13)9-17(10)14(19)23-15(2,3)4/h10-11,13H,7-9H2,1-6H3/t10-,11-,13+/m1/s1. The van der Waals surface area contributed by atoms with Crippen molar-refractivity contribution in [3.05, 3.63) is 0 Å². The van der Waals surface area contributed by atoms with Crippen LogP contribution in [0.2, 0.25) is 0 Å². The third-order valence-electron chi connectivity index (χ3n) is 3.69. The number of esters is 1. The van der Waals surface area contributed by atoms with E-state index in [0.717, 1.165) is 0 Å². The highest BCUT2D eigenvalue weighted by molar-refractivity contribution is 5.74. The highest BCUT2D eigenvalue weighted by Crippen LogP contribution is 2.38. The van der Waals surface area contributed by atoms with Gasteiger partial charge in [-0.1, -0.05) is 0 Å². The predicted octanol–water partition coefficient (Wildman–Crippen LogP) is 2.08. The topological polar surface area (TPSA) is 74.3 Å². The second-order valence-corrected chi connectivity index (χ2v) is 7.35. The van der Waals surface area contributed by atoms with Gasteiger partial charge in [-0.05, 0) is 41.5 Å². The zero-order valence-electron chi connectivity index (χ0n) is 14.8. The number of rotatable bonds is 3. The molecule has 2 saturated heterocycles. The van der Waals surface area contributed by atoms with Crippen molar-refractivity contribution >= 4 is 12.1 Å². The van der Waals surface area contributed by atoms with Crippen molar-refractivity contribution in [1.29, 1.82) is 0 Å². The molecule has 0 radical (unpaired) electrons. The van der Waals surface area contributed by atoms with Crippen LogP contribution in [0.1, 0.15) is 48.0 Å². The summed E-state index contributed by atoms with van der Waals surface area (Å²) in [6.07, 6.45) is -1.03. The van der Waals surface area contributed by atoms with Crippen LogP contribution in [-0.2, 0) is 23.7 Å². The summed E-state index contributed by atoms with van der Waals surface area (Å²) in [6, 6.07) is -0.448. The lowest BCUT2D eigenvalue weighted by Crippen LogP contribution is -2.45. The molecule has 0 spiro atoms. The Morgan fingerprint density at radius 1 is 1.26 bits per heavy atom. The Balaban J connectivity index is 2.14. The largest absolute Gasteiger partial charge is 0.466 e. The minimum Gasteiger partial charge on any atom is -0.466 e. The van der Waals surface area contributed by atoms with E-state index in [1.165, 1.54) is 4.90 Å². The maximum absolute atomic E-state index is 12.4. The fourth-order valence-corrected chi connectivity index (χ4v) is 2.98. The molecule has 2 fully saturated rings. The molecule has 0 aromatic carbocycles. The molecule has 0 N–H and O–H groups in total. The van der Waals surface area contributed by atoms with E-state index < -0.39 is 23.5 Å². The minimum atomic E-state index is -0.720. The van der Waals surface area contributed by atoms with Crippen LogP contribution in [0.4, 0.5) is 4.79 Å². The molecular formula is C16H27NO6. The molecule has 7 nitrogen and oxygen atoms in total. The maximum Gasteiger partial charge on any atom is 0.410 e. The van der Waals surface area contributed by atoms with Gasteiger partial charge in [0, 0.05) is 0 Å². The number of likely N-dealkylation sites (tertiary alicyclic amines) is 1. The quantitative estimate of drug-likeness (QED) is 0.738. The van der Waals surface area contributed by atoms with E-state index in [9.17, 15) is 9.59 Å². The number of amides is 1. The Labute approximate surface area is 137 Å². The number of hydrogen-bond donors (Lipinski definition) is 0. The van der Waals surface area contributed by atoms with Crippen molar-refractivity contribution in [3.8, 4) is 0 Å². The predicted molar refractivity (Wildman–Crippen MR) is 81.8 cm³/mol. The first-order valence-corrected chi connectivity index (χ1v) is 8.03. The normalized spacial score (nSPS) is 29.3. The van der Waals surface area contributed by atoms with Crippen molar-refractivity contribution in [2.24, 2.45) is 0 Å². The molecular weight excluding hydrogens is 302 g/mol. The Bertz CT molecular complexity index is 470. The summed E-state index contributed by atoms with van der Waals surface area (Å²) >= 11 is 0. The van der Waals surface area contributed by atoms with Crippen LogP contribution in [0.25, 0.3) is 0 Å². The van der Waals surface area contributed by atoms with Crippen molar-refractivity contribution in [2.75, 3.05) is 13.2 Å². The molecule has 132 valence electrons. The van der Waals surface area contributed by atoms with Gasteiger partial charge in [0.1, 0.15) is 17.8 Å². The van der Waals surface area contributed by atoms with E-state index in [4.69, 9.17) is 18.9 Å². The van der Waals surface area contributed by atoms with Crippen LogP contribution in [0.5, 0.6) is 0 Å². The average molecular weight is 329 g/mol. The van der Waals surface area contributed by atoms with Gasteiger partial charge in [-0.3, -0.25) is 9.69 Å². The molecule has 2 aliphatic heterocycles. The average Bonchev–Trinajstić information content (AvgIpc) is 2.81. The highest BCUT2D eigenvalue weighted by atomic mass is 16.8. The Hall–Kier alpha value is -1.34. The van der Waals surface area contributed by atoms with Gasteiger partial charge in [-0.25, -0.2) is 4.79 Å². The first kappa shape index (κ1) is 18.0. The molecule has 0 saturated carbocycles. The van der Waals surface area contributed by atoms with Gasteiger partial charge < -0.3 is 18.9 Å². The summed E-state index contributed by atoms with van der Waals surface area (Å²) in [5.41, 5.74) is -0.607. The lowest BCUT2D eigenvalue weighted by atomic mass is 10.1. The fraction of sp³-hybridized carbons (Fsp3) is 0.875. The minimum absolute atomic E-state index is 0.0632. The molecule has 0 bridgehead atoms. The van der Waals surface area contributed by atoms with Crippen LogP contribution in [0.3, 0.4) is 0 Å². The van der Waals surface area contributed by atoms with Crippen LogP contribution < -0.4 is 0 Å². The molecule has 23 heavy (non-hydrogen) atoms. The molecule has 0 aliphatic carbocycles. The van der Waals surface area contributed by atoms with Gasteiger partial charge in [0.05, 0.1) is 25.6 Å². The maximum atomic E-state index is 12.4. The SMILES string of the molecule is CCOC(=O)C[C@@H]1[C@@H]2OC(C)(C)O[C@@H]2CN1C(=O)OC(C)(C)C. The van der Waals surface area contributed by atoms with E-state index in [2.05, 4.69) is 0 Å². The second kappa shape index (κ2) is 6.28. The lowest BCUT2D eigenvalue weighted by molar-refractivity contribution is -0.164. The lowest BCUT2D eigenvalue weighted by Gasteiger charge is -2.31. The van der Waals surface area contributed by atoms with Gasteiger partial charge in [-0.15, -0.1) is 0 Å². The summed E-state index contributed by atoms with van der Waals surface area (Å²) in [5, 5.41) is 0. The van der Waals surface area contributed by atoms with E-state index in [0.29, 0.717) is 13.2 Å². The number of hydrogen-bond acceptors (Lipinski definition) is 6. The van der Waals surface area contributed by atoms with E-state index in [-0.39, 0.29) is 24.6 Å². The highest BCUT2D eigenvalue weighted by Gasteiger charge is 2.55. The third-order valence-corrected chi connectivity index (χ3v) is 3.69. The first-order chi connectivity index (χ1) is 10.5. The van der Waals surface area contributed by atoms with Crippen LogP contribution >= 0.6 is 0 Å². The molecule has 1 amide bonds. The zero-order valence-corrected chi connectivity index (χ0v) is 14.8. The molecule has 0 aromatic rings. The van der Waals surface area contributed by atoms with Crippen molar-refractivity contribution < 1.29 is 28.5 Å². The van der Waals surface area contributed by atoms with Crippen LogP contribution in [0, 0.1) is 0 Å². The third kappa shape index (κ3) is 4.35. The monoisotopic (exact) mass is 329 g/mol. The summed E-state index contributed by atoms with van der Waals surface area (Å²) < 4.78 is 22.2. The number of nitrogens with zero attached hydrogens (tertiary/aromatic N) is 1. The molecule has 0 unspecified atom stereocenters. The van der Waals surface area contributed by atoms with Gasteiger partial charge in [-0.2, -0.15) is 0 Å². The van der Waals surface area contributed by atoms with Gasteiger partial charge in [0.2, 0.25) is 0 Å². The van der Waals surface area contributed by atoms with E-state index in [1.807, 2.05) is 13.8 Å². The van der Waals surface area contributed by atoms with E-state index >= 15 is 0 Å². The summed E-state index contributed by atoms with van der Waals surface area (Å²) in [7, 11) is 0. The Kier molecular flexibility index (Phi) is 4.92. The Morgan fingerprint density at radius 2 is 1.91 bits per heavy atom. The number of ether oxygens (including phenoxy) is 4. The zero-order chi connectivity index (χ0) is 17.4. The van der Waals surface area contributed by atoms with Gasteiger partial charge in [0.25, 0.3) is 0 Å². The van der Waals surface area contributed by atoms with Gasteiger partial charge >= 0.3 is 12.1 Å². The van der Waals surface area contributed by atoms with Gasteiger partial charge in [0.15, 0.2) is 5.79 Å². The fourth-order valence-electron chi connectivity index (χ4n) is 2.98. The Morgan fingerprint density at radius 3 is 2.48 bits per heavy atom. The molecule has 2 aliphatic rings. The van der Waals surface area contributed by atoms with Crippen molar-refractivity contribution in [1.82, 2.24) is 4.90 Å². The smallest absolute Gasteiger partial charge is 0.410 e. The van der Waals surface area contributed by atoms with E-state index in [1.54, 1.807) is 27.7 Å². The molecule has 0 aromatic heterocycles. The van der Waals surface area contributed by atoms with Crippen LogP contribution in [0.15, 0.2) is 0 Å².